The van der Waals surface area contributed by atoms with Crippen LogP contribution in [0, 0.1) is 17.2 Å². The summed E-state index contributed by atoms with van der Waals surface area (Å²) in [7, 11) is 2.11. The van der Waals surface area contributed by atoms with Crippen LogP contribution in [0.15, 0.2) is 0 Å². The predicted octanol–water partition coefficient (Wildman–Crippen LogP) is 3.56. The fourth-order valence-electron chi connectivity index (χ4n) is 2.13. The van der Waals surface area contributed by atoms with Crippen molar-refractivity contribution < 1.29 is 0 Å². The fraction of sp³-hybridized carbons (Fsp3) is 0.643. The molecule has 0 aliphatic heterocycles. The summed E-state index contributed by atoms with van der Waals surface area (Å²) in [5, 5.41) is 10.3. The molecule has 2 N–H and O–H groups in total. The summed E-state index contributed by atoms with van der Waals surface area (Å²) in [4.78, 5) is 2.96. The van der Waals surface area contributed by atoms with Gasteiger partial charge in [-0.1, -0.05) is 13.8 Å². The maximum Gasteiger partial charge on any atom is 0.130 e. The molecule has 0 aromatic carbocycles. The standard InChI is InChI=1S/C14H21N3S/c1-9(2)6-7-17(3)14-12(10-4-5-10)13(16)11(8-15)18-14/h9-10H,4-7,16H2,1-3H3. The fourth-order valence-corrected chi connectivity index (χ4v) is 3.22. The summed E-state index contributed by atoms with van der Waals surface area (Å²) < 4.78 is 0. The van der Waals surface area contributed by atoms with Gasteiger partial charge in [-0.2, -0.15) is 5.26 Å². The van der Waals surface area contributed by atoms with Crippen molar-refractivity contribution >= 4 is 22.0 Å². The molecule has 2 rings (SSSR count). The second kappa shape index (κ2) is 5.19. The SMILES string of the molecule is CC(C)CCN(C)c1sc(C#N)c(N)c1C1CC1. The lowest BCUT2D eigenvalue weighted by molar-refractivity contribution is 0.586. The number of hydrogen-bond acceptors (Lipinski definition) is 4. The van der Waals surface area contributed by atoms with E-state index in [9.17, 15) is 0 Å². The molecule has 0 bridgehead atoms. The average Bonchev–Trinajstić information content (AvgIpc) is 3.10. The van der Waals surface area contributed by atoms with Gasteiger partial charge in [0, 0.05) is 19.2 Å². The molecule has 1 fully saturated rings. The van der Waals surface area contributed by atoms with Crippen LogP contribution < -0.4 is 10.6 Å². The van der Waals surface area contributed by atoms with Crippen LogP contribution in [0.5, 0.6) is 0 Å². The van der Waals surface area contributed by atoms with Gasteiger partial charge in [0.05, 0.1) is 10.7 Å². The molecule has 0 spiro atoms. The molecule has 1 aromatic heterocycles. The van der Waals surface area contributed by atoms with Gasteiger partial charge >= 0.3 is 0 Å². The second-order valence-electron chi connectivity index (χ2n) is 5.55. The van der Waals surface area contributed by atoms with Crippen LogP contribution in [0.2, 0.25) is 0 Å². The number of nitrogens with two attached hydrogens (primary N) is 1. The van der Waals surface area contributed by atoms with Crippen molar-refractivity contribution in [2.75, 3.05) is 24.2 Å². The van der Waals surface area contributed by atoms with E-state index in [1.165, 1.54) is 29.8 Å². The number of hydrogen-bond donors (Lipinski definition) is 1. The zero-order valence-corrected chi connectivity index (χ0v) is 12.2. The van der Waals surface area contributed by atoms with Gasteiger partial charge in [-0.05, 0) is 31.1 Å². The highest BCUT2D eigenvalue weighted by molar-refractivity contribution is 7.17. The van der Waals surface area contributed by atoms with E-state index in [2.05, 4.69) is 31.9 Å². The van der Waals surface area contributed by atoms with Gasteiger partial charge in [0.2, 0.25) is 0 Å². The van der Waals surface area contributed by atoms with Gasteiger partial charge in [-0.25, -0.2) is 0 Å². The molecule has 1 aromatic rings. The Morgan fingerprint density at radius 3 is 2.67 bits per heavy atom. The molecule has 1 aliphatic rings. The Bertz CT molecular complexity index is 466. The van der Waals surface area contributed by atoms with Crippen LogP contribution in [-0.4, -0.2) is 13.6 Å². The molecule has 0 atom stereocenters. The highest BCUT2D eigenvalue weighted by atomic mass is 32.1. The first-order valence-electron chi connectivity index (χ1n) is 6.58. The van der Waals surface area contributed by atoms with Gasteiger partial charge in [-0.15, -0.1) is 11.3 Å². The Balaban J connectivity index is 2.23. The van der Waals surface area contributed by atoms with Crippen molar-refractivity contribution in [1.29, 1.82) is 5.26 Å². The molecular formula is C14H21N3S. The second-order valence-corrected chi connectivity index (χ2v) is 6.55. The number of rotatable bonds is 5. The Morgan fingerprint density at radius 2 is 2.17 bits per heavy atom. The maximum absolute atomic E-state index is 9.12. The number of nitriles is 1. The molecule has 0 unspecified atom stereocenters. The van der Waals surface area contributed by atoms with Crippen LogP contribution in [0.25, 0.3) is 0 Å². The van der Waals surface area contributed by atoms with Crippen molar-refractivity contribution in [3.63, 3.8) is 0 Å². The quantitative estimate of drug-likeness (QED) is 0.883. The largest absolute Gasteiger partial charge is 0.397 e. The van der Waals surface area contributed by atoms with E-state index < -0.39 is 0 Å². The zero-order chi connectivity index (χ0) is 13.3. The van der Waals surface area contributed by atoms with Crippen molar-refractivity contribution in [2.45, 2.75) is 39.0 Å². The van der Waals surface area contributed by atoms with Crippen LogP contribution in [0.4, 0.5) is 10.7 Å². The van der Waals surface area contributed by atoms with E-state index in [-0.39, 0.29) is 0 Å². The molecule has 4 heteroatoms. The minimum atomic E-state index is 0.597. The highest BCUT2D eigenvalue weighted by Gasteiger charge is 2.32. The third-order valence-corrected chi connectivity index (χ3v) is 4.68. The molecule has 1 saturated carbocycles. The van der Waals surface area contributed by atoms with E-state index in [4.69, 9.17) is 11.0 Å². The van der Waals surface area contributed by atoms with Gasteiger partial charge in [0.1, 0.15) is 10.9 Å². The van der Waals surface area contributed by atoms with Gasteiger partial charge < -0.3 is 10.6 Å². The Hall–Kier alpha value is -1.21. The summed E-state index contributed by atoms with van der Waals surface area (Å²) in [5.41, 5.74) is 8.08. The van der Waals surface area contributed by atoms with E-state index in [1.54, 1.807) is 11.3 Å². The monoisotopic (exact) mass is 263 g/mol. The highest BCUT2D eigenvalue weighted by Crippen LogP contribution is 2.51. The normalized spacial score (nSPS) is 14.8. The summed E-state index contributed by atoms with van der Waals surface area (Å²) >= 11 is 1.55. The maximum atomic E-state index is 9.12. The van der Waals surface area contributed by atoms with E-state index >= 15 is 0 Å². The third-order valence-electron chi connectivity index (χ3n) is 3.44. The smallest absolute Gasteiger partial charge is 0.130 e. The minimum Gasteiger partial charge on any atom is -0.397 e. The number of nitrogen functional groups attached to an aromatic ring is 1. The molecule has 3 nitrogen and oxygen atoms in total. The number of thiophene rings is 1. The molecule has 18 heavy (non-hydrogen) atoms. The van der Waals surface area contributed by atoms with Gasteiger partial charge in [0.15, 0.2) is 0 Å². The first-order valence-corrected chi connectivity index (χ1v) is 7.39. The molecule has 98 valence electrons. The third kappa shape index (κ3) is 2.62. The Kier molecular flexibility index (Phi) is 3.82. The van der Waals surface area contributed by atoms with E-state index in [0.29, 0.717) is 16.7 Å². The molecule has 1 heterocycles. The van der Waals surface area contributed by atoms with Crippen molar-refractivity contribution in [3.8, 4) is 6.07 Å². The topological polar surface area (TPSA) is 53.0 Å². The van der Waals surface area contributed by atoms with E-state index in [0.717, 1.165) is 12.2 Å². The lowest BCUT2D eigenvalue weighted by Gasteiger charge is -2.20. The van der Waals surface area contributed by atoms with Crippen molar-refractivity contribution in [1.82, 2.24) is 0 Å². The van der Waals surface area contributed by atoms with Gasteiger partial charge in [0.25, 0.3) is 0 Å². The Morgan fingerprint density at radius 1 is 1.50 bits per heavy atom. The molecule has 0 amide bonds. The molecule has 1 aliphatic carbocycles. The summed E-state index contributed by atoms with van der Waals surface area (Å²) in [6.07, 6.45) is 3.61. The van der Waals surface area contributed by atoms with Gasteiger partial charge in [-0.3, -0.25) is 0 Å². The Labute approximate surface area is 113 Å². The first-order chi connectivity index (χ1) is 8.54. The average molecular weight is 263 g/mol. The van der Waals surface area contributed by atoms with Crippen LogP contribution in [0.1, 0.15) is 49.5 Å². The predicted molar refractivity (Wildman–Crippen MR) is 78.1 cm³/mol. The van der Waals surface area contributed by atoms with Crippen molar-refractivity contribution in [3.05, 3.63) is 10.4 Å². The lowest BCUT2D eigenvalue weighted by atomic mass is 10.1. The van der Waals surface area contributed by atoms with Crippen LogP contribution >= 0.6 is 11.3 Å². The van der Waals surface area contributed by atoms with Crippen molar-refractivity contribution in [2.24, 2.45) is 5.92 Å². The van der Waals surface area contributed by atoms with E-state index in [1.807, 2.05) is 0 Å². The number of nitrogens with zero attached hydrogens (tertiary/aromatic N) is 2. The lowest BCUT2D eigenvalue weighted by Crippen LogP contribution is -2.19. The summed E-state index contributed by atoms with van der Waals surface area (Å²) in [6.45, 7) is 5.50. The van der Waals surface area contributed by atoms with Crippen LogP contribution in [-0.2, 0) is 0 Å². The summed E-state index contributed by atoms with van der Waals surface area (Å²) in [6, 6.07) is 2.23. The molecule has 0 saturated heterocycles. The zero-order valence-electron chi connectivity index (χ0n) is 11.4. The first kappa shape index (κ1) is 13.2. The molecular weight excluding hydrogens is 242 g/mol. The van der Waals surface area contributed by atoms with Crippen LogP contribution in [0.3, 0.4) is 0 Å². The molecule has 0 radical (unpaired) electrons. The minimum absolute atomic E-state index is 0.597. The summed E-state index contributed by atoms with van der Waals surface area (Å²) in [5.74, 6) is 1.30. The number of anilines is 2.